The van der Waals surface area contributed by atoms with E-state index in [-0.39, 0.29) is 24.7 Å². The largest absolute Gasteiger partial charge is 0.479 e. The van der Waals surface area contributed by atoms with Crippen molar-refractivity contribution in [2.45, 2.75) is 43.8 Å². The SMILES string of the molecule is O=C1CC(C(=O)NCC2(O)CCCC2)Oc2ccc(Cl)cc21. The summed E-state index contributed by atoms with van der Waals surface area (Å²) >= 11 is 5.86. The van der Waals surface area contributed by atoms with Crippen molar-refractivity contribution >= 4 is 23.3 Å². The zero-order valence-corrected chi connectivity index (χ0v) is 12.9. The molecular weight excluding hydrogens is 306 g/mol. The topological polar surface area (TPSA) is 75.6 Å². The van der Waals surface area contributed by atoms with Gasteiger partial charge in [-0.05, 0) is 31.0 Å². The number of ether oxygens (including phenoxy) is 1. The second kappa shape index (κ2) is 5.89. The average Bonchev–Trinajstić information content (AvgIpc) is 2.92. The maximum absolute atomic E-state index is 12.2. The van der Waals surface area contributed by atoms with Crippen molar-refractivity contribution in [3.8, 4) is 5.75 Å². The molecule has 3 rings (SSSR count). The Bertz CT molecular complexity index is 610. The van der Waals surface area contributed by atoms with Crippen LogP contribution < -0.4 is 10.1 Å². The van der Waals surface area contributed by atoms with Crippen LogP contribution in [0.1, 0.15) is 42.5 Å². The predicted molar refractivity (Wildman–Crippen MR) is 81.2 cm³/mol. The van der Waals surface area contributed by atoms with Crippen LogP contribution in [0.5, 0.6) is 5.75 Å². The van der Waals surface area contributed by atoms with E-state index in [2.05, 4.69) is 5.32 Å². The van der Waals surface area contributed by atoms with Crippen LogP contribution in [0.2, 0.25) is 5.02 Å². The molecule has 118 valence electrons. The minimum absolute atomic E-state index is 0.0163. The van der Waals surface area contributed by atoms with Gasteiger partial charge in [0, 0.05) is 11.6 Å². The third kappa shape index (κ3) is 3.10. The number of hydrogen-bond donors (Lipinski definition) is 2. The highest BCUT2D eigenvalue weighted by Crippen LogP contribution is 2.31. The predicted octanol–water partition coefficient (Wildman–Crippen LogP) is 2.10. The molecule has 1 aliphatic carbocycles. The van der Waals surface area contributed by atoms with Crippen LogP contribution in [0.4, 0.5) is 0 Å². The summed E-state index contributed by atoms with van der Waals surface area (Å²) in [6.07, 6.45) is 2.46. The maximum Gasteiger partial charge on any atom is 0.261 e. The lowest BCUT2D eigenvalue weighted by Gasteiger charge is -2.27. The zero-order chi connectivity index (χ0) is 15.7. The van der Waals surface area contributed by atoms with E-state index in [1.165, 1.54) is 0 Å². The summed E-state index contributed by atoms with van der Waals surface area (Å²) in [6, 6.07) is 4.77. The van der Waals surface area contributed by atoms with Gasteiger partial charge in [0.25, 0.3) is 5.91 Å². The second-order valence-electron chi connectivity index (χ2n) is 6.02. The number of ketones is 1. The van der Waals surface area contributed by atoms with Crippen LogP contribution in [0.3, 0.4) is 0 Å². The highest BCUT2D eigenvalue weighted by molar-refractivity contribution is 6.31. The van der Waals surface area contributed by atoms with Crippen LogP contribution in [-0.4, -0.2) is 35.0 Å². The van der Waals surface area contributed by atoms with Crippen molar-refractivity contribution in [3.05, 3.63) is 28.8 Å². The fourth-order valence-corrected chi connectivity index (χ4v) is 3.19. The van der Waals surface area contributed by atoms with Gasteiger partial charge in [0.05, 0.1) is 17.6 Å². The van der Waals surface area contributed by atoms with Gasteiger partial charge in [0.15, 0.2) is 11.9 Å². The Morgan fingerprint density at radius 3 is 2.86 bits per heavy atom. The van der Waals surface area contributed by atoms with Gasteiger partial charge < -0.3 is 15.2 Å². The van der Waals surface area contributed by atoms with E-state index in [0.717, 1.165) is 12.8 Å². The molecule has 0 spiro atoms. The summed E-state index contributed by atoms with van der Waals surface area (Å²) in [5, 5.41) is 13.4. The summed E-state index contributed by atoms with van der Waals surface area (Å²) in [4.78, 5) is 24.3. The van der Waals surface area contributed by atoms with Crippen LogP contribution in [0.15, 0.2) is 18.2 Å². The number of Topliss-reactive ketones (excluding diaryl/α,β-unsaturated/α-hetero) is 1. The first-order valence-electron chi connectivity index (χ1n) is 7.46. The van der Waals surface area contributed by atoms with Crippen molar-refractivity contribution in [3.63, 3.8) is 0 Å². The molecule has 1 heterocycles. The first-order chi connectivity index (χ1) is 10.5. The van der Waals surface area contributed by atoms with Gasteiger partial charge in [0.2, 0.25) is 0 Å². The van der Waals surface area contributed by atoms with Crippen molar-refractivity contribution in [2.75, 3.05) is 6.54 Å². The number of aliphatic hydroxyl groups is 1. The van der Waals surface area contributed by atoms with Gasteiger partial charge >= 0.3 is 0 Å². The molecule has 2 aliphatic rings. The van der Waals surface area contributed by atoms with E-state index in [4.69, 9.17) is 16.3 Å². The highest BCUT2D eigenvalue weighted by atomic mass is 35.5. The molecule has 1 atom stereocenters. The Morgan fingerprint density at radius 2 is 2.14 bits per heavy atom. The molecule has 0 saturated heterocycles. The quantitative estimate of drug-likeness (QED) is 0.893. The molecule has 5 nitrogen and oxygen atoms in total. The van der Waals surface area contributed by atoms with Crippen LogP contribution in [-0.2, 0) is 4.79 Å². The number of hydrogen-bond acceptors (Lipinski definition) is 4. The zero-order valence-electron chi connectivity index (χ0n) is 12.1. The first kappa shape index (κ1) is 15.3. The number of fused-ring (bicyclic) bond motifs is 1. The molecule has 1 aromatic carbocycles. The number of halogens is 1. The summed E-state index contributed by atoms with van der Waals surface area (Å²) in [5.74, 6) is -0.155. The summed E-state index contributed by atoms with van der Waals surface area (Å²) in [6.45, 7) is 0.202. The highest BCUT2D eigenvalue weighted by Gasteiger charge is 2.35. The van der Waals surface area contributed by atoms with Gasteiger partial charge in [-0.1, -0.05) is 24.4 Å². The van der Waals surface area contributed by atoms with Crippen molar-refractivity contribution in [2.24, 2.45) is 0 Å². The van der Waals surface area contributed by atoms with Crippen LogP contribution in [0, 0.1) is 0 Å². The monoisotopic (exact) mass is 323 g/mol. The molecule has 6 heteroatoms. The summed E-state index contributed by atoms with van der Waals surface area (Å²) in [5.41, 5.74) is -0.411. The molecule has 0 bridgehead atoms. The van der Waals surface area contributed by atoms with Gasteiger partial charge in [-0.2, -0.15) is 0 Å². The van der Waals surface area contributed by atoms with E-state index < -0.39 is 11.7 Å². The Hall–Kier alpha value is -1.59. The van der Waals surface area contributed by atoms with Gasteiger partial charge in [0.1, 0.15) is 5.75 Å². The van der Waals surface area contributed by atoms with Gasteiger partial charge in [-0.3, -0.25) is 9.59 Å². The van der Waals surface area contributed by atoms with E-state index in [1.807, 2.05) is 0 Å². The summed E-state index contributed by atoms with van der Waals surface area (Å²) < 4.78 is 5.59. The first-order valence-corrected chi connectivity index (χ1v) is 7.84. The molecule has 1 saturated carbocycles. The standard InChI is InChI=1S/C16H18ClNO4/c17-10-3-4-13-11(7-10)12(19)8-14(22-13)15(20)18-9-16(21)5-1-2-6-16/h3-4,7,14,21H,1-2,5-6,8-9H2,(H,18,20). The maximum atomic E-state index is 12.2. The lowest BCUT2D eigenvalue weighted by Crippen LogP contribution is -2.47. The normalized spacial score (nSPS) is 22.8. The molecule has 0 aromatic heterocycles. The molecule has 1 aromatic rings. The number of carbonyl (C=O) groups is 2. The smallest absolute Gasteiger partial charge is 0.261 e. The molecule has 1 aliphatic heterocycles. The van der Waals surface area contributed by atoms with Crippen molar-refractivity contribution in [1.29, 1.82) is 0 Å². The van der Waals surface area contributed by atoms with Gasteiger partial charge in [-0.15, -0.1) is 0 Å². The summed E-state index contributed by atoms with van der Waals surface area (Å²) in [7, 11) is 0. The third-order valence-electron chi connectivity index (χ3n) is 4.30. The molecule has 1 fully saturated rings. The van der Waals surface area contributed by atoms with Crippen molar-refractivity contribution < 1.29 is 19.4 Å². The van der Waals surface area contributed by atoms with Crippen molar-refractivity contribution in [1.82, 2.24) is 5.32 Å². The molecule has 0 radical (unpaired) electrons. The van der Waals surface area contributed by atoms with Crippen LogP contribution >= 0.6 is 11.6 Å². The molecule has 1 amide bonds. The van der Waals surface area contributed by atoms with Crippen LogP contribution in [0.25, 0.3) is 0 Å². The number of benzene rings is 1. The lowest BCUT2D eigenvalue weighted by molar-refractivity contribution is -0.129. The molecule has 22 heavy (non-hydrogen) atoms. The molecule has 2 N–H and O–H groups in total. The van der Waals surface area contributed by atoms with E-state index >= 15 is 0 Å². The minimum atomic E-state index is -0.855. The fourth-order valence-electron chi connectivity index (χ4n) is 3.02. The average molecular weight is 324 g/mol. The number of amides is 1. The number of nitrogens with one attached hydrogen (secondary N) is 1. The van der Waals surface area contributed by atoms with E-state index in [1.54, 1.807) is 18.2 Å². The third-order valence-corrected chi connectivity index (χ3v) is 4.54. The van der Waals surface area contributed by atoms with E-state index in [0.29, 0.717) is 29.2 Å². The Kier molecular flexibility index (Phi) is 4.10. The lowest BCUT2D eigenvalue weighted by atomic mass is 9.99. The minimum Gasteiger partial charge on any atom is -0.479 e. The molecular formula is C16H18ClNO4. The fraction of sp³-hybridized carbons (Fsp3) is 0.500. The Balaban J connectivity index is 1.65. The van der Waals surface area contributed by atoms with E-state index in [9.17, 15) is 14.7 Å². The Morgan fingerprint density at radius 1 is 1.41 bits per heavy atom. The van der Waals surface area contributed by atoms with Gasteiger partial charge in [-0.25, -0.2) is 0 Å². The Labute approximate surface area is 133 Å². The number of rotatable bonds is 3. The molecule has 1 unspecified atom stereocenters. The number of carbonyl (C=O) groups excluding carboxylic acids is 2. The second-order valence-corrected chi connectivity index (χ2v) is 6.46.